The molecule has 0 aliphatic heterocycles. The summed E-state index contributed by atoms with van der Waals surface area (Å²) in [5, 5.41) is 1.63. The van der Waals surface area contributed by atoms with Gasteiger partial charge in [0.05, 0.1) is 11.5 Å². The molecule has 30 heavy (non-hydrogen) atoms. The van der Waals surface area contributed by atoms with Crippen molar-refractivity contribution in [2.45, 2.75) is 48.3 Å². The van der Waals surface area contributed by atoms with Crippen LogP contribution >= 0.6 is 11.3 Å². The molecule has 1 atom stereocenters. The van der Waals surface area contributed by atoms with E-state index in [9.17, 15) is 21.6 Å². The number of rotatable bonds is 12. The number of hydrogen-bond donors (Lipinski definition) is 2. The van der Waals surface area contributed by atoms with Gasteiger partial charge in [-0.2, -0.15) is 4.72 Å². The van der Waals surface area contributed by atoms with Crippen LogP contribution in [0.3, 0.4) is 0 Å². The fourth-order valence-corrected chi connectivity index (χ4v) is 5.91. The highest BCUT2D eigenvalue weighted by Gasteiger charge is 2.27. The number of ether oxygens (including phenoxy) is 1. The van der Waals surface area contributed by atoms with Gasteiger partial charge < -0.3 is 4.74 Å². The number of unbranched alkanes of at least 4 members (excludes halogenated alkanes) is 1. The van der Waals surface area contributed by atoms with Gasteiger partial charge in [-0.05, 0) is 56.7 Å². The molecular formula is C19H26N2O6S3. The molecule has 11 heteroatoms. The molecule has 0 aliphatic rings. The molecule has 2 aromatic rings. The predicted octanol–water partition coefficient (Wildman–Crippen LogP) is 2.42. The lowest BCUT2D eigenvalue weighted by molar-refractivity contribution is -0.145. The molecule has 1 unspecified atom stereocenters. The molecule has 0 saturated carbocycles. The fourth-order valence-electron chi connectivity index (χ4n) is 2.61. The van der Waals surface area contributed by atoms with Crippen molar-refractivity contribution in [2.75, 3.05) is 13.2 Å². The minimum absolute atomic E-state index is 0.114. The second kappa shape index (κ2) is 11.0. The zero-order valence-electron chi connectivity index (χ0n) is 16.8. The van der Waals surface area contributed by atoms with Gasteiger partial charge in [0.15, 0.2) is 0 Å². The summed E-state index contributed by atoms with van der Waals surface area (Å²) in [7, 11) is -7.44. The Morgan fingerprint density at radius 3 is 2.37 bits per heavy atom. The number of hydrogen-bond acceptors (Lipinski definition) is 7. The van der Waals surface area contributed by atoms with Crippen LogP contribution in [0, 0.1) is 6.92 Å². The van der Waals surface area contributed by atoms with E-state index in [0.717, 1.165) is 16.9 Å². The smallest absolute Gasteiger partial charge is 0.324 e. The first kappa shape index (κ1) is 24.5. The minimum atomic E-state index is -3.83. The molecule has 1 aromatic carbocycles. The zero-order valence-corrected chi connectivity index (χ0v) is 19.3. The van der Waals surface area contributed by atoms with Crippen LogP contribution in [0.1, 0.15) is 31.7 Å². The van der Waals surface area contributed by atoms with Crippen molar-refractivity contribution >= 4 is 37.4 Å². The standard InChI is InChI=1S/C19H26N2O6S3/c1-3-27-19(22)17(21-30(25,26)18-8-6-14-28-18)7-4-5-13-20-29(23,24)16-11-9-15(2)10-12-16/h6,8-12,14,17,20-21H,3-5,7,13H2,1-2H3. The third-order valence-corrected chi connectivity index (χ3v) is 8.52. The van der Waals surface area contributed by atoms with Gasteiger partial charge in [0.2, 0.25) is 10.0 Å². The molecule has 0 amide bonds. The van der Waals surface area contributed by atoms with Crippen molar-refractivity contribution in [1.29, 1.82) is 0 Å². The van der Waals surface area contributed by atoms with Gasteiger partial charge in [-0.25, -0.2) is 21.6 Å². The Bertz CT molecular complexity index is 1020. The summed E-state index contributed by atoms with van der Waals surface area (Å²) >= 11 is 1.05. The highest BCUT2D eigenvalue weighted by molar-refractivity contribution is 7.91. The lowest BCUT2D eigenvalue weighted by Gasteiger charge is -2.17. The second-order valence-corrected chi connectivity index (χ2v) is 11.2. The summed E-state index contributed by atoms with van der Waals surface area (Å²) in [5.74, 6) is -0.655. The molecule has 2 rings (SSSR count). The first-order valence-electron chi connectivity index (χ1n) is 9.44. The monoisotopic (exact) mass is 474 g/mol. The highest BCUT2D eigenvalue weighted by atomic mass is 32.2. The first-order valence-corrected chi connectivity index (χ1v) is 13.3. The van der Waals surface area contributed by atoms with Gasteiger partial charge in [-0.3, -0.25) is 4.79 Å². The van der Waals surface area contributed by atoms with E-state index in [-0.39, 0.29) is 28.7 Å². The summed E-state index contributed by atoms with van der Waals surface area (Å²) in [5.41, 5.74) is 0.962. The van der Waals surface area contributed by atoms with Crippen LogP contribution in [-0.2, 0) is 29.6 Å². The van der Waals surface area contributed by atoms with Gasteiger partial charge in [0, 0.05) is 6.54 Å². The summed E-state index contributed by atoms with van der Waals surface area (Å²) in [6.07, 6.45) is 1.05. The first-order chi connectivity index (χ1) is 14.2. The fraction of sp³-hybridized carbons (Fsp3) is 0.421. The van der Waals surface area contributed by atoms with E-state index < -0.39 is 32.1 Å². The summed E-state index contributed by atoms with van der Waals surface area (Å²) in [6, 6.07) is 8.54. The molecule has 0 bridgehead atoms. The molecule has 166 valence electrons. The molecule has 0 fully saturated rings. The highest BCUT2D eigenvalue weighted by Crippen LogP contribution is 2.17. The third kappa shape index (κ3) is 7.17. The van der Waals surface area contributed by atoms with E-state index in [0.29, 0.717) is 12.8 Å². The lowest BCUT2D eigenvalue weighted by atomic mass is 10.1. The number of carbonyl (C=O) groups is 1. The topological polar surface area (TPSA) is 119 Å². The van der Waals surface area contributed by atoms with Gasteiger partial charge in [-0.1, -0.05) is 23.8 Å². The maximum atomic E-state index is 12.4. The summed E-state index contributed by atoms with van der Waals surface area (Å²) in [6.45, 7) is 3.81. The number of aryl methyl sites for hydroxylation is 1. The summed E-state index contributed by atoms with van der Waals surface area (Å²) in [4.78, 5) is 12.4. The second-order valence-electron chi connectivity index (χ2n) is 6.56. The van der Waals surface area contributed by atoms with Crippen LogP contribution in [0.25, 0.3) is 0 Å². The molecular weight excluding hydrogens is 448 g/mol. The van der Waals surface area contributed by atoms with E-state index in [1.54, 1.807) is 30.5 Å². The Kier molecular flexibility index (Phi) is 8.98. The Labute approximate surface area is 181 Å². The number of sulfonamides is 2. The molecule has 1 heterocycles. The minimum Gasteiger partial charge on any atom is -0.465 e. The number of carbonyl (C=O) groups excluding carboxylic acids is 1. The van der Waals surface area contributed by atoms with Crippen molar-refractivity contribution in [3.05, 3.63) is 47.3 Å². The van der Waals surface area contributed by atoms with Crippen molar-refractivity contribution in [2.24, 2.45) is 0 Å². The number of thiophene rings is 1. The third-order valence-electron chi connectivity index (χ3n) is 4.17. The lowest BCUT2D eigenvalue weighted by Crippen LogP contribution is -2.41. The average Bonchev–Trinajstić information content (AvgIpc) is 3.23. The van der Waals surface area contributed by atoms with Crippen LogP contribution < -0.4 is 9.44 Å². The Balaban J connectivity index is 1.89. The molecule has 0 saturated heterocycles. The van der Waals surface area contributed by atoms with Crippen molar-refractivity contribution < 1.29 is 26.4 Å². The van der Waals surface area contributed by atoms with Gasteiger partial charge in [-0.15, -0.1) is 11.3 Å². The molecule has 0 aliphatic carbocycles. The average molecular weight is 475 g/mol. The molecule has 1 aromatic heterocycles. The molecule has 0 spiro atoms. The Hall–Kier alpha value is -1.79. The quantitative estimate of drug-likeness (QED) is 0.360. The number of benzene rings is 1. The van der Waals surface area contributed by atoms with E-state index in [1.165, 1.54) is 18.2 Å². The normalized spacial score (nSPS) is 13.1. The largest absolute Gasteiger partial charge is 0.465 e. The van der Waals surface area contributed by atoms with E-state index >= 15 is 0 Å². The van der Waals surface area contributed by atoms with E-state index in [4.69, 9.17) is 4.74 Å². The van der Waals surface area contributed by atoms with Gasteiger partial charge >= 0.3 is 5.97 Å². The van der Waals surface area contributed by atoms with E-state index in [1.807, 2.05) is 6.92 Å². The van der Waals surface area contributed by atoms with Crippen LogP contribution in [0.4, 0.5) is 0 Å². The molecule has 2 N–H and O–H groups in total. The Morgan fingerprint density at radius 1 is 1.07 bits per heavy atom. The van der Waals surface area contributed by atoms with Crippen LogP contribution in [0.5, 0.6) is 0 Å². The molecule has 8 nitrogen and oxygen atoms in total. The zero-order chi connectivity index (χ0) is 22.2. The SMILES string of the molecule is CCOC(=O)C(CCCCNS(=O)(=O)c1ccc(C)cc1)NS(=O)(=O)c1cccs1. The molecule has 0 radical (unpaired) electrons. The predicted molar refractivity (Wildman–Crippen MR) is 115 cm³/mol. The van der Waals surface area contributed by atoms with Gasteiger partial charge in [0.1, 0.15) is 10.3 Å². The Morgan fingerprint density at radius 2 is 1.77 bits per heavy atom. The van der Waals surface area contributed by atoms with Crippen LogP contribution in [0.15, 0.2) is 50.9 Å². The number of esters is 1. The maximum absolute atomic E-state index is 12.4. The van der Waals surface area contributed by atoms with Crippen LogP contribution in [0.2, 0.25) is 0 Å². The maximum Gasteiger partial charge on any atom is 0.324 e. The number of nitrogens with one attached hydrogen (secondary N) is 2. The van der Waals surface area contributed by atoms with Crippen LogP contribution in [-0.4, -0.2) is 42.0 Å². The van der Waals surface area contributed by atoms with E-state index in [2.05, 4.69) is 9.44 Å². The van der Waals surface area contributed by atoms with Crippen molar-refractivity contribution in [3.8, 4) is 0 Å². The van der Waals surface area contributed by atoms with Crippen molar-refractivity contribution in [3.63, 3.8) is 0 Å². The van der Waals surface area contributed by atoms with Gasteiger partial charge in [0.25, 0.3) is 10.0 Å². The summed E-state index contributed by atoms with van der Waals surface area (Å²) < 4.78 is 59.4. The van der Waals surface area contributed by atoms with Crippen molar-refractivity contribution in [1.82, 2.24) is 9.44 Å².